The third kappa shape index (κ3) is 4.24. The van der Waals surface area contributed by atoms with Crippen molar-refractivity contribution < 1.29 is 28.9 Å². The fourth-order valence-electron chi connectivity index (χ4n) is 4.06. The summed E-state index contributed by atoms with van der Waals surface area (Å²) >= 11 is 0. The number of halogens is 1. The van der Waals surface area contributed by atoms with Gasteiger partial charge in [-0.25, -0.2) is 4.39 Å². The second kappa shape index (κ2) is 9.39. The molecule has 174 valence electrons. The number of anilines is 1. The average molecular weight is 461 g/mol. The van der Waals surface area contributed by atoms with E-state index in [1.165, 1.54) is 30.3 Å². The Morgan fingerprint density at radius 3 is 2.50 bits per heavy atom. The maximum Gasteiger partial charge on any atom is 0.300 e. The molecule has 1 saturated heterocycles. The number of phenols is 1. The molecule has 0 spiro atoms. The number of rotatable bonds is 6. The highest BCUT2D eigenvalue weighted by atomic mass is 19.1. The molecule has 0 bridgehead atoms. The fourth-order valence-corrected chi connectivity index (χ4v) is 4.06. The van der Waals surface area contributed by atoms with E-state index in [1.807, 2.05) is 13.8 Å². The Morgan fingerprint density at radius 1 is 1.06 bits per heavy atom. The molecule has 0 saturated carbocycles. The number of aromatic hydroxyl groups is 1. The zero-order valence-corrected chi connectivity index (χ0v) is 18.8. The van der Waals surface area contributed by atoms with E-state index in [9.17, 15) is 24.2 Å². The number of benzene rings is 3. The van der Waals surface area contributed by atoms with Crippen LogP contribution in [0, 0.1) is 12.7 Å². The number of amides is 1. The highest BCUT2D eigenvalue weighted by Crippen LogP contribution is 2.43. The van der Waals surface area contributed by atoms with Crippen molar-refractivity contribution in [1.82, 2.24) is 0 Å². The van der Waals surface area contributed by atoms with Gasteiger partial charge in [0, 0.05) is 11.3 Å². The quantitative estimate of drug-likeness (QED) is 0.297. The second-order valence-corrected chi connectivity index (χ2v) is 8.07. The van der Waals surface area contributed by atoms with Gasteiger partial charge in [-0.15, -0.1) is 0 Å². The van der Waals surface area contributed by atoms with Crippen LogP contribution in [0.4, 0.5) is 10.1 Å². The second-order valence-electron chi connectivity index (χ2n) is 8.07. The summed E-state index contributed by atoms with van der Waals surface area (Å²) in [5.41, 5.74) is 1.50. The summed E-state index contributed by atoms with van der Waals surface area (Å²) < 4.78 is 19.7. The first-order chi connectivity index (χ1) is 16.3. The molecule has 1 heterocycles. The first kappa shape index (κ1) is 23.0. The normalized spacial score (nSPS) is 17.3. The number of aryl methyl sites for hydroxylation is 1. The number of ether oxygens (including phenoxy) is 1. The van der Waals surface area contributed by atoms with Gasteiger partial charge >= 0.3 is 0 Å². The molecule has 0 aliphatic carbocycles. The molecule has 0 aromatic heterocycles. The number of aliphatic hydroxyl groups excluding tert-OH is 1. The Labute approximate surface area is 196 Å². The maximum atomic E-state index is 14.0. The van der Waals surface area contributed by atoms with Crippen LogP contribution in [0.5, 0.6) is 11.5 Å². The van der Waals surface area contributed by atoms with Crippen molar-refractivity contribution in [1.29, 1.82) is 0 Å². The smallest absolute Gasteiger partial charge is 0.300 e. The first-order valence-electron chi connectivity index (χ1n) is 10.9. The zero-order chi connectivity index (χ0) is 24.4. The van der Waals surface area contributed by atoms with Crippen molar-refractivity contribution >= 4 is 23.1 Å². The standard InChI is InChI=1S/C27H24FNO5/c1-3-12-34-22-11-10-18(13-16(22)2)25(31)23-24(17-6-4-9-21(30)14-17)29(27(33)26(23)32)20-8-5-7-19(28)15-20/h4-11,13-15,24,30-31H,3,12H2,1-2H3/b25-23+. The lowest BCUT2D eigenvalue weighted by molar-refractivity contribution is -0.132. The summed E-state index contributed by atoms with van der Waals surface area (Å²) in [6.07, 6.45) is 0.842. The van der Waals surface area contributed by atoms with Crippen LogP contribution in [0.3, 0.4) is 0 Å². The van der Waals surface area contributed by atoms with Gasteiger partial charge in [0.2, 0.25) is 0 Å². The van der Waals surface area contributed by atoms with E-state index < -0.39 is 23.5 Å². The number of nitrogens with zero attached hydrogens (tertiary/aromatic N) is 1. The van der Waals surface area contributed by atoms with Crippen molar-refractivity contribution in [3.05, 3.63) is 94.8 Å². The number of ketones is 1. The van der Waals surface area contributed by atoms with Gasteiger partial charge in [-0.3, -0.25) is 14.5 Å². The third-order valence-electron chi connectivity index (χ3n) is 5.63. The number of carbonyl (C=O) groups is 2. The largest absolute Gasteiger partial charge is 0.508 e. The minimum absolute atomic E-state index is 0.0735. The van der Waals surface area contributed by atoms with Crippen molar-refractivity contribution in [2.24, 2.45) is 0 Å². The van der Waals surface area contributed by atoms with E-state index in [0.29, 0.717) is 23.5 Å². The van der Waals surface area contributed by atoms with E-state index in [2.05, 4.69) is 0 Å². The number of hydrogen-bond donors (Lipinski definition) is 2. The van der Waals surface area contributed by atoms with Crippen LogP contribution in [0.25, 0.3) is 5.76 Å². The lowest BCUT2D eigenvalue weighted by atomic mass is 9.94. The minimum atomic E-state index is -1.06. The van der Waals surface area contributed by atoms with Crippen LogP contribution in [-0.4, -0.2) is 28.5 Å². The molecular formula is C27H24FNO5. The topological polar surface area (TPSA) is 87.1 Å². The molecule has 3 aromatic carbocycles. The van der Waals surface area contributed by atoms with Crippen LogP contribution < -0.4 is 9.64 Å². The van der Waals surface area contributed by atoms with Crippen LogP contribution in [0.2, 0.25) is 0 Å². The molecule has 4 rings (SSSR count). The Balaban J connectivity index is 1.89. The van der Waals surface area contributed by atoms with Crippen molar-refractivity contribution in [2.75, 3.05) is 11.5 Å². The molecule has 2 N–H and O–H groups in total. The van der Waals surface area contributed by atoms with Gasteiger partial charge in [-0.1, -0.05) is 25.1 Å². The highest BCUT2D eigenvalue weighted by molar-refractivity contribution is 6.51. The number of phenolic OH excluding ortho intramolecular Hbond substituents is 1. The molecule has 1 amide bonds. The van der Waals surface area contributed by atoms with E-state index >= 15 is 0 Å². The maximum absolute atomic E-state index is 14.0. The van der Waals surface area contributed by atoms with Crippen LogP contribution >= 0.6 is 0 Å². The predicted octanol–water partition coefficient (Wildman–Crippen LogP) is 5.25. The summed E-state index contributed by atoms with van der Waals surface area (Å²) in [6.45, 7) is 4.36. The van der Waals surface area contributed by atoms with E-state index in [-0.39, 0.29) is 22.8 Å². The van der Waals surface area contributed by atoms with Crippen molar-refractivity contribution in [2.45, 2.75) is 26.3 Å². The lowest BCUT2D eigenvalue weighted by Crippen LogP contribution is -2.29. The first-order valence-corrected chi connectivity index (χ1v) is 10.9. The molecule has 1 fully saturated rings. The van der Waals surface area contributed by atoms with Crippen molar-refractivity contribution in [3.63, 3.8) is 0 Å². The van der Waals surface area contributed by atoms with E-state index in [1.54, 1.807) is 30.3 Å². The molecular weight excluding hydrogens is 437 g/mol. The third-order valence-corrected chi connectivity index (χ3v) is 5.63. The summed E-state index contributed by atoms with van der Waals surface area (Å²) in [7, 11) is 0. The average Bonchev–Trinajstić information content (AvgIpc) is 3.08. The molecule has 1 atom stereocenters. The Morgan fingerprint density at radius 2 is 1.82 bits per heavy atom. The van der Waals surface area contributed by atoms with Gasteiger partial charge < -0.3 is 14.9 Å². The zero-order valence-electron chi connectivity index (χ0n) is 18.8. The number of carbonyl (C=O) groups excluding carboxylic acids is 2. The van der Waals surface area contributed by atoms with Crippen LogP contribution in [0.1, 0.15) is 36.1 Å². The monoisotopic (exact) mass is 461 g/mol. The van der Waals surface area contributed by atoms with Gasteiger partial charge in [0.25, 0.3) is 11.7 Å². The summed E-state index contributed by atoms with van der Waals surface area (Å²) in [4.78, 5) is 27.4. The number of aliphatic hydroxyl groups is 1. The fraction of sp³-hybridized carbons (Fsp3) is 0.185. The number of Topliss-reactive ketones (excluding diaryl/α,β-unsaturated/α-hetero) is 1. The highest BCUT2D eigenvalue weighted by Gasteiger charge is 2.47. The predicted molar refractivity (Wildman–Crippen MR) is 126 cm³/mol. The summed E-state index contributed by atoms with van der Waals surface area (Å²) in [5, 5.41) is 21.3. The summed E-state index contributed by atoms with van der Waals surface area (Å²) in [5.74, 6) is -2.17. The van der Waals surface area contributed by atoms with Gasteiger partial charge in [-0.05, 0) is 73.0 Å². The Bertz CT molecular complexity index is 1300. The van der Waals surface area contributed by atoms with Gasteiger partial charge in [-0.2, -0.15) is 0 Å². The molecule has 1 aliphatic rings. The molecule has 0 radical (unpaired) electrons. The molecule has 6 nitrogen and oxygen atoms in total. The van der Waals surface area contributed by atoms with E-state index in [0.717, 1.165) is 23.0 Å². The van der Waals surface area contributed by atoms with Gasteiger partial charge in [0.1, 0.15) is 23.1 Å². The minimum Gasteiger partial charge on any atom is -0.508 e. The molecule has 34 heavy (non-hydrogen) atoms. The number of hydrogen-bond acceptors (Lipinski definition) is 5. The molecule has 7 heteroatoms. The Kier molecular flexibility index (Phi) is 6.36. The van der Waals surface area contributed by atoms with Gasteiger partial charge in [0.05, 0.1) is 18.2 Å². The summed E-state index contributed by atoms with van der Waals surface area (Å²) in [6, 6.07) is 15.3. The van der Waals surface area contributed by atoms with Gasteiger partial charge in [0.15, 0.2) is 0 Å². The Hall–Kier alpha value is -4.13. The van der Waals surface area contributed by atoms with Crippen LogP contribution in [0.15, 0.2) is 72.3 Å². The van der Waals surface area contributed by atoms with E-state index in [4.69, 9.17) is 4.74 Å². The SMILES string of the molecule is CCCOc1ccc(/C(O)=C2\C(=O)C(=O)N(c3cccc(F)c3)C2c2cccc(O)c2)cc1C. The molecule has 1 aliphatic heterocycles. The lowest BCUT2D eigenvalue weighted by Gasteiger charge is -2.25. The van der Waals surface area contributed by atoms with Crippen LogP contribution in [-0.2, 0) is 9.59 Å². The molecule has 1 unspecified atom stereocenters. The molecule has 3 aromatic rings. The van der Waals surface area contributed by atoms with Crippen molar-refractivity contribution in [3.8, 4) is 11.5 Å².